The van der Waals surface area contributed by atoms with Crippen LogP contribution < -0.4 is 16.6 Å². The molecule has 0 aliphatic rings. The van der Waals surface area contributed by atoms with Gasteiger partial charge in [0.05, 0.1) is 17.5 Å². The molecule has 9 heteroatoms. The van der Waals surface area contributed by atoms with E-state index in [-0.39, 0.29) is 11.2 Å². The number of aryl methyl sites for hydroxylation is 2. The van der Waals surface area contributed by atoms with E-state index >= 15 is 0 Å². The molecule has 1 aromatic carbocycles. The van der Waals surface area contributed by atoms with Gasteiger partial charge in [0.15, 0.2) is 11.2 Å². The Kier molecular flexibility index (Phi) is 3.84. The third kappa shape index (κ3) is 2.69. The number of fused-ring (bicyclic) bond motifs is 2. The van der Waals surface area contributed by atoms with E-state index < -0.39 is 23.7 Å². The second kappa shape index (κ2) is 6.20. The van der Waals surface area contributed by atoms with Crippen molar-refractivity contribution < 1.29 is 4.79 Å². The Morgan fingerprint density at radius 1 is 1.11 bits per heavy atom. The van der Waals surface area contributed by atoms with Gasteiger partial charge in [-0.3, -0.25) is 19.1 Å². The maximum absolute atomic E-state index is 12.7. The summed E-state index contributed by atoms with van der Waals surface area (Å²) in [6.45, 7) is -0.407. The first kappa shape index (κ1) is 16.7. The van der Waals surface area contributed by atoms with Crippen LogP contribution in [-0.4, -0.2) is 29.6 Å². The van der Waals surface area contributed by atoms with E-state index in [4.69, 9.17) is 0 Å². The normalized spacial score (nSPS) is 11.2. The van der Waals surface area contributed by atoms with Crippen LogP contribution in [0.4, 0.5) is 5.69 Å². The highest BCUT2D eigenvalue weighted by atomic mass is 16.2. The molecule has 0 saturated heterocycles. The van der Waals surface area contributed by atoms with Crippen LogP contribution in [0.1, 0.15) is 0 Å². The molecule has 0 atom stereocenters. The zero-order chi connectivity index (χ0) is 19.1. The number of nitrogens with zero attached hydrogens (tertiary/aromatic N) is 5. The van der Waals surface area contributed by atoms with E-state index in [1.54, 1.807) is 31.4 Å². The summed E-state index contributed by atoms with van der Waals surface area (Å²) in [5, 5.41) is 3.61. The van der Waals surface area contributed by atoms with Gasteiger partial charge in [0.2, 0.25) is 5.91 Å². The molecule has 3 heterocycles. The van der Waals surface area contributed by atoms with Crippen molar-refractivity contribution in [1.82, 2.24) is 23.7 Å². The average Bonchev–Trinajstić information content (AvgIpc) is 3.05. The number of anilines is 1. The smallest absolute Gasteiger partial charge is 0.328 e. The fourth-order valence-electron chi connectivity index (χ4n) is 3.07. The highest BCUT2D eigenvalue weighted by Gasteiger charge is 2.17. The van der Waals surface area contributed by atoms with Crippen molar-refractivity contribution in [3.05, 3.63) is 63.7 Å². The molecule has 0 unspecified atom stereocenters. The molecule has 3 aromatic heterocycles. The largest absolute Gasteiger partial charge is 0.332 e. The second-order valence-corrected chi connectivity index (χ2v) is 6.19. The molecule has 27 heavy (non-hydrogen) atoms. The predicted octanol–water partition coefficient (Wildman–Crippen LogP) is 0.621. The van der Waals surface area contributed by atoms with Gasteiger partial charge >= 0.3 is 5.69 Å². The van der Waals surface area contributed by atoms with Crippen molar-refractivity contribution in [3.63, 3.8) is 0 Å². The summed E-state index contributed by atoms with van der Waals surface area (Å²) in [6, 6.07) is 9.09. The van der Waals surface area contributed by atoms with Crippen molar-refractivity contribution >= 4 is 33.7 Å². The number of rotatable bonds is 3. The average molecular weight is 364 g/mol. The van der Waals surface area contributed by atoms with Crippen LogP contribution in [0.3, 0.4) is 0 Å². The Morgan fingerprint density at radius 3 is 2.70 bits per heavy atom. The van der Waals surface area contributed by atoms with Crippen LogP contribution in [0.25, 0.3) is 22.1 Å². The number of benzene rings is 1. The number of imidazole rings is 1. The predicted molar refractivity (Wildman–Crippen MR) is 101 cm³/mol. The van der Waals surface area contributed by atoms with Crippen LogP contribution in [0, 0.1) is 0 Å². The highest BCUT2D eigenvalue weighted by Crippen LogP contribution is 2.20. The standard InChI is InChI=1S/C18H16N6O3/c1-22-10-20-16-15(22)17(26)24(18(27)23(16)2)9-13(25)21-12-7-3-5-11-6-4-8-19-14(11)12/h3-8,10H,9H2,1-2H3,(H,21,25). The molecule has 1 N–H and O–H groups in total. The van der Waals surface area contributed by atoms with Crippen molar-refractivity contribution in [3.8, 4) is 0 Å². The van der Waals surface area contributed by atoms with Gasteiger partial charge in [-0.25, -0.2) is 14.3 Å². The van der Waals surface area contributed by atoms with Crippen molar-refractivity contribution in [1.29, 1.82) is 0 Å². The molecule has 0 spiro atoms. The zero-order valence-electron chi connectivity index (χ0n) is 14.7. The molecular weight excluding hydrogens is 348 g/mol. The fourth-order valence-corrected chi connectivity index (χ4v) is 3.07. The van der Waals surface area contributed by atoms with Gasteiger partial charge in [-0.05, 0) is 12.1 Å². The molecule has 4 rings (SSSR count). The summed E-state index contributed by atoms with van der Waals surface area (Å²) in [5.74, 6) is -0.492. The van der Waals surface area contributed by atoms with Gasteiger partial charge in [0, 0.05) is 25.7 Å². The van der Waals surface area contributed by atoms with E-state index in [0.29, 0.717) is 11.2 Å². The SMILES string of the molecule is Cn1cnc2c1c(=O)n(CC(=O)Nc1cccc3cccnc13)c(=O)n2C. The van der Waals surface area contributed by atoms with Gasteiger partial charge in [-0.2, -0.15) is 0 Å². The molecule has 0 aliphatic carbocycles. The van der Waals surface area contributed by atoms with Crippen LogP contribution in [0.5, 0.6) is 0 Å². The maximum Gasteiger partial charge on any atom is 0.332 e. The summed E-state index contributed by atoms with van der Waals surface area (Å²) >= 11 is 0. The Labute approximate surface area is 152 Å². The molecule has 0 saturated carbocycles. The minimum absolute atomic E-state index is 0.261. The van der Waals surface area contributed by atoms with Gasteiger partial charge in [-0.1, -0.05) is 18.2 Å². The number of aromatic nitrogens is 5. The molecule has 0 fully saturated rings. The highest BCUT2D eigenvalue weighted by molar-refractivity contribution is 6.00. The minimum atomic E-state index is -0.600. The van der Waals surface area contributed by atoms with Crippen molar-refractivity contribution in [2.75, 3.05) is 5.32 Å². The Bertz CT molecular complexity index is 1310. The van der Waals surface area contributed by atoms with E-state index in [2.05, 4.69) is 15.3 Å². The lowest BCUT2D eigenvalue weighted by Gasteiger charge is -2.10. The van der Waals surface area contributed by atoms with E-state index in [1.165, 1.54) is 22.5 Å². The molecule has 0 aliphatic heterocycles. The van der Waals surface area contributed by atoms with Gasteiger partial charge in [0.1, 0.15) is 6.54 Å². The Balaban J connectivity index is 1.72. The quantitative estimate of drug-likeness (QED) is 0.574. The minimum Gasteiger partial charge on any atom is -0.328 e. The summed E-state index contributed by atoms with van der Waals surface area (Å²) in [6.07, 6.45) is 3.09. The lowest BCUT2D eigenvalue weighted by molar-refractivity contribution is -0.116. The number of amides is 1. The third-order valence-electron chi connectivity index (χ3n) is 4.41. The molecule has 136 valence electrons. The van der Waals surface area contributed by atoms with Crippen molar-refractivity contribution in [2.24, 2.45) is 14.1 Å². The number of pyridine rings is 1. The van der Waals surface area contributed by atoms with Crippen molar-refractivity contribution in [2.45, 2.75) is 6.54 Å². The third-order valence-corrected chi connectivity index (χ3v) is 4.41. The van der Waals surface area contributed by atoms with Gasteiger partial charge in [0.25, 0.3) is 5.56 Å². The number of hydrogen-bond acceptors (Lipinski definition) is 5. The number of para-hydroxylation sites is 1. The van der Waals surface area contributed by atoms with E-state index in [1.807, 2.05) is 12.1 Å². The van der Waals surface area contributed by atoms with Crippen LogP contribution >= 0.6 is 0 Å². The Hall–Kier alpha value is -3.75. The fraction of sp³-hybridized carbons (Fsp3) is 0.167. The molecule has 4 aromatic rings. The van der Waals surface area contributed by atoms with Crippen LogP contribution in [0.2, 0.25) is 0 Å². The van der Waals surface area contributed by atoms with Crippen LogP contribution in [0.15, 0.2) is 52.4 Å². The molecule has 1 amide bonds. The molecule has 9 nitrogen and oxygen atoms in total. The van der Waals surface area contributed by atoms with E-state index in [0.717, 1.165) is 9.95 Å². The first-order chi connectivity index (χ1) is 13.0. The summed E-state index contributed by atoms with van der Waals surface area (Å²) in [5.41, 5.74) is 0.538. The van der Waals surface area contributed by atoms with Crippen LogP contribution in [-0.2, 0) is 25.4 Å². The maximum atomic E-state index is 12.7. The summed E-state index contributed by atoms with van der Waals surface area (Å²) < 4.78 is 3.68. The zero-order valence-corrected chi connectivity index (χ0v) is 14.7. The summed E-state index contributed by atoms with van der Waals surface area (Å²) in [4.78, 5) is 46.0. The van der Waals surface area contributed by atoms with E-state index in [9.17, 15) is 14.4 Å². The number of carbonyl (C=O) groups excluding carboxylic acids is 1. The van der Waals surface area contributed by atoms with Gasteiger partial charge < -0.3 is 9.88 Å². The summed E-state index contributed by atoms with van der Waals surface area (Å²) in [7, 11) is 3.17. The molecule has 0 radical (unpaired) electrons. The number of carbonyl (C=O) groups is 1. The second-order valence-electron chi connectivity index (χ2n) is 6.19. The molecule has 0 bridgehead atoms. The first-order valence-corrected chi connectivity index (χ1v) is 8.22. The first-order valence-electron chi connectivity index (χ1n) is 8.22. The topological polar surface area (TPSA) is 104 Å². The molecular formula is C18H16N6O3. The lowest BCUT2D eigenvalue weighted by Crippen LogP contribution is -2.42. The van der Waals surface area contributed by atoms with Gasteiger partial charge in [-0.15, -0.1) is 0 Å². The number of nitrogens with one attached hydrogen (secondary N) is 1. The monoisotopic (exact) mass is 364 g/mol. The number of hydrogen-bond donors (Lipinski definition) is 1. The Morgan fingerprint density at radius 2 is 1.89 bits per heavy atom. The lowest BCUT2D eigenvalue weighted by atomic mass is 10.2.